The quantitative estimate of drug-likeness (QED) is 0.428. The summed E-state index contributed by atoms with van der Waals surface area (Å²) in [5, 5.41) is 8.16. The second kappa shape index (κ2) is 6.68. The van der Waals surface area contributed by atoms with Crippen LogP contribution >= 0.6 is 22.6 Å². The Labute approximate surface area is 180 Å². The standard InChI is InChI=1S/C20H20FIN6O/c1-20(2)13-15(22)24-17(25-16(13)26-19(20)29)14-12-7-11(21)8-23-18(12)28(27-14)9-10-5-3-4-6-10/h7-8,10H,3-6,9H2,1-2H3,(H,24,25,26,29). The maximum absolute atomic E-state index is 14.0. The smallest absolute Gasteiger partial charge is 0.235 e. The highest BCUT2D eigenvalue weighted by Gasteiger charge is 2.42. The van der Waals surface area contributed by atoms with Crippen LogP contribution in [0.1, 0.15) is 45.1 Å². The van der Waals surface area contributed by atoms with Gasteiger partial charge in [0.05, 0.1) is 17.0 Å². The molecule has 3 aromatic rings. The van der Waals surface area contributed by atoms with E-state index in [0.717, 1.165) is 12.1 Å². The number of carbonyl (C=O) groups excluding carboxylic acids is 1. The molecular weight excluding hydrogens is 486 g/mol. The third-order valence-corrected chi connectivity index (χ3v) is 6.74. The Balaban J connectivity index is 1.66. The topological polar surface area (TPSA) is 85.6 Å². The maximum Gasteiger partial charge on any atom is 0.235 e. The van der Waals surface area contributed by atoms with Crippen LogP contribution in [-0.4, -0.2) is 30.6 Å². The molecule has 5 rings (SSSR count). The molecular formula is C20H20FIN6O. The van der Waals surface area contributed by atoms with Crippen LogP contribution in [0.3, 0.4) is 0 Å². The minimum Gasteiger partial charge on any atom is -0.310 e. The summed E-state index contributed by atoms with van der Waals surface area (Å²) in [7, 11) is 0. The van der Waals surface area contributed by atoms with Gasteiger partial charge >= 0.3 is 0 Å². The summed E-state index contributed by atoms with van der Waals surface area (Å²) in [5.74, 6) is 0.885. The van der Waals surface area contributed by atoms with E-state index in [1.807, 2.05) is 18.5 Å². The Morgan fingerprint density at radius 1 is 1.31 bits per heavy atom. The molecule has 3 aromatic heterocycles. The molecule has 4 heterocycles. The van der Waals surface area contributed by atoms with Crippen LogP contribution in [0.15, 0.2) is 12.3 Å². The summed E-state index contributed by atoms with van der Waals surface area (Å²) in [6, 6.07) is 1.43. The lowest BCUT2D eigenvalue weighted by Gasteiger charge is -2.15. The second-order valence-electron chi connectivity index (χ2n) is 8.35. The van der Waals surface area contributed by atoms with Crippen molar-refractivity contribution in [3.63, 3.8) is 0 Å². The van der Waals surface area contributed by atoms with Gasteiger partial charge in [0.1, 0.15) is 21.0 Å². The summed E-state index contributed by atoms with van der Waals surface area (Å²) in [6.45, 7) is 4.45. The number of aromatic nitrogens is 5. The van der Waals surface area contributed by atoms with Gasteiger partial charge in [-0.15, -0.1) is 0 Å². The van der Waals surface area contributed by atoms with E-state index in [0.29, 0.717) is 38.0 Å². The fraction of sp³-hybridized carbons (Fsp3) is 0.450. The molecule has 9 heteroatoms. The van der Waals surface area contributed by atoms with E-state index >= 15 is 0 Å². The second-order valence-corrected chi connectivity index (χ2v) is 9.37. The van der Waals surface area contributed by atoms with Crippen LogP contribution in [-0.2, 0) is 16.8 Å². The number of rotatable bonds is 3. The van der Waals surface area contributed by atoms with Gasteiger partial charge in [0.25, 0.3) is 0 Å². The number of hydrogen-bond acceptors (Lipinski definition) is 5. The number of carbonyl (C=O) groups is 1. The first kappa shape index (κ1) is 18.8. The van der Waals surface area contributed by atoms with Crippen LogP contribution in [0, 0.1) is 15.4 Å². The Morgan fingerprint density at radius 2 is 2.07 bits per heavy atom. The Morgan fingerprint density at radius 3 is 2.83 bits per heavy atom. The summed E-state index contributed by atoms with van der Waals surface area (Å²) < 4.78 is 16.5. The van der Waals surface area contributed by atoms with Gasteiger partial charge in [-0.1, -0.05) is 12.8 Å². The van der Waals surface area contributed by atoms with Gasteiger partial charge in [-0.2, -0.15) is 5.10 Å². The molecule has 1 saturated carbocycles. The molecule has 1 aliphatic carbocycles. The third kappa shape index (κ3) is 3.01. The molecule has 1 aliphatic heterocycles. The normalized spacial score (nSPS) is 18.4. The fourth-order valence-electron chi connectivity index (χ4n) is 4.32. The molecule has 1 fully saturated rings. The minimum absolute atomic E-state index is 0.110. The van der Waals surface area contributed by atoms with Crippen molar-refractivity contribution < 1.29 is 9.18 Å². The lowest BCUT2D eigenvalue weighted by Crippen LogP contribution is -2.27. The van der Waals surface area contributed by atoms with Gasteiger partial charge in [-0.25, -0.2) is 24.0 Å². The van der Waals surface area contributed by atoms with Crippen molar-refractivity contribution in [1.29, 1.82) is 0 Å². The van der Waals surface area contributed by atoms with Crippen molar-refractivity contribution >= 4 is 45.3 Å². The summed E-state index contributed by atoms with van der Waals surface area (Å²) in [4.78, 5) is 25.9. The van der Waals surface area contributed by atoms with Gasteiger partial charge < -0.3 is 5.32 Å². The number of pyridine rings is 1. The van der Waals surface area contributed by atoms with E-state index in [1.54, 1.807) is 0 Å². The lowest BCUT2D eigenvalue weighted by molar-refractivity contribution is -0.119. The monoisotopic (exact) mass is 506 g/mol. The van der Waals surface area contributed by atoms with Crippen LogP contribution in [0.5, 0.6) is 0 Å². The van der Waals surface area contributed by atoms with Gasteiger partial charge in [-0.05, 0) is 61.3 Å². The predicted molar refractivity (Wildman–Crippen MR) is 115 cm³/mol. The van der Waals surface area contributed by atoms with Crippen LogP contribution in [0.25, 0.3) is 22.6 Å². The Hall–Kier alpha value is -2.17. The molecule has 0 atom stereocenters. The molecule has 1 amide bonds. The van der Waals surface area contributed by atoms with Crippen LogP contribution in [0.2, 0.25) is 0 Å². The molecule has 0 radical (unpaired) electrons. The first-order valence-electron chi connectivity index (χ1n) is 9.76. The first-order valence-corrected chi connectivity index (χ1v) is 10.8. The molecule has 1 N–H and O–H groups in total. The highest BCUT2D eigenvalue weighted by atomic mass is 127. The zero-order chi connectivity index (χ0) is 20.3. The number of nitrogens with one attached hydrogen (secondary N) is 1. The zero-order valence-electron chi connectivity index (χ0n) is 16.2. The van der Waals surface area contributed by atoms with Crippen molar-refractivity contribution in [2.45, 2.75) is 51.5 Å². The molecule has 0 aromatic carbocycles. The van der Waals surface area contributed by atoms with Crippen molar-refractivity contribution in [2.75, 3.05) is 5.32 Å². The number of anilines is 1. The molecule has 7 nitrogen and oxygen atoms in total. The molecule has 0 spiro atoms. The van der Waals surface area contributed by atoms with E-state index in [9.17, 15) is 9.18 Å². The number of halogens is 2. The lowest BCUT2D eigenvalue weighted by atomic mass is 9.88. The minimum atomic E-state index is -0.693. The molecule has 0 bridgehead atoms. The SMILES string of the molecule is CC1(C)C(=O)Nc2nc(-c3nn(CC4CCCC4)c4ncc(F)cc34)nc(I)c21. The van der Waals surface area contributed by atoms with E-state index < -0.39 is 11.2 Å². The zero-order valence-corrected chi connectivity index (χ0v) is 18.3. The summed E-state index contributed by atoms with van der Waals surface area (Å²) in [5.41, 5.74) is 1.22. The van der Waals surface area contributed by atoms with Crippen LogP contribution < -0.4 is 5.32 Å². The molecule has 2 aliphatic rings. The summed E-state index contributed by atoms with van der Waals surface area (Å²) in [6.07, 6.45) is 6.04. The van der Waals surface area contributed by atoms with Gasteiger partial charge in [0, 0.05) is 12.1 Å². The highest BCUT2D eigenvalue weighted by molar-refractivity contribution is 14.1. The Kier molecular flexibility index (Phi) is 4.34. The van der Waals surface area contributed by atoms with Crippen LogP contribution in [0.4, 0.5) is 10.2 Å². The highest BCUT2D eigenvalue weighted by Crippen LogP contribution is 2.40. The largest absolute Gasteiger partial charge is 0.310 e. The number of amides is 1. The van der Waals surface area contributed by atoms with Gasteiger partial charge in [0.2, 0.25) is 5.91 Å². The fourth-order valence-corrected chi connectivity index (χ4v) is 5.48. The molecule has 0 unspecified atom stereocenters. The first-order chi connectivity index (χ1) is 13.8. The third-order valence-electron chi connectivity index (χ3n) is 5.96. The number of fused-ring (bicyclic) bond motifs is 2. The van der Waals surface area contributed by atoms with Crippen molar-refractivity contribution in [1.82, 2.24) is 24.7 Å². The van der Waals surface area contributed by atoms with E-state index in [-0.39, 0.29) is 5.91 Å². The van der Waals surface area contributed by atoms with E-state index in [1.165, 1.54) is 37.9 Å². The van der Waals surface area contributed by atoms with Gasteiger partial charge in [0.15, 0.2) is 11.5 Å². The summed E-state index contributed by atoms with van der Waals surface area (Å²) >= 11 is 2.12. The van der Waals surface area contributed by atoms with Crippen molar-refractivity contribution in [3.05, 3.63) is 27.3 Å². The molecule has 29 heavy (non-hydrogen) atoms. The Bertz CT molecular complexity index is 1150. The average molecular weight is 506 g/mol. The molecule has 0 saturated heterocycles. The predicted octanol–water partition coefficient (Wildman–Crippen LogP) is 4.05. The number of hydrogen-bond donors (Lipinski definition) is 1. The average Bonchev–Trinajstić information content (AvgIpc) is 3.34. The van der Waals surface area contributed by atoms with Crippen molar-refractivity contribution in [2.24, 2.45) is 5.92 Å². The van der Waals surface area contributed by atoms with E-state index in [2.05, 4.69) is 42.9 Å². The van der Waals surface area contributed by atoms with Gasteiger partial charge in [-0.3, -0.25) is 4.79 Å². The number of nitrogens with zero attached hydrogens (tertiary/aromatic N) is 5. The van der Waals surface area contributed by atoms with E-state index in [4.69, 9.17) is 5.10 Å². The maximum atomic E-state index is 14.0. The van der Waals surface area contributed by atoms with Crippen molar-refractivity contribution in [3.8, 4) is 11.5 Å². The molecule has 150 valence electrons.